The Morgan fingerprint density at radius 2 is 2.06 bits per heavy atom. The van der Waals surface area contributed by atoms with Crippen molar-refractivity contribution in [2.75, 3.05) is 13.2 Å². The van der Waals surface area contributed by atoms with Crippen LogP contribution in [0.3, 0.4) is 0 Å². The van der Waals surface area contributed by atoms with Gasteiger partial charge in [0.1, 0.15) is 0 Å². The summed E-state index contributed by atoms with van der Waals surface area (Å²) in [5.41, 5.74) is 6.87. The van der Waals surface area contributed by atoms with E-state index >= 15 is 0 Å². The zero-order chi connectivity index (χ0) is 11.8. The van der Waals surface area contributed by atoms with Gasteiger partial charge in [0.2, 0.25) is 0 Å². The molecule has 0 saturated heterocycles. The molecular formula is C13H19NO2. The predicted octanol–water partition coefficient (Wildman–Crippen LogP) is 1.76. The van der Waals surface area contributed by atoms with Crippen LogP contribution >= 0.6 is 0 Å². The summed E-state index contributed by atoms with van der Waals surface area (Å²) in [5, 5.41) is 0. The first-order chi connectivity index (χ1) is 7.76. The van der Waals surface area contributed by atoms with Crippen LogP contribution in [0.5, 0.6) is 0 Å². The molecule has 0 spiro atoms. The van der Waals surface area contributed by atoms with Crippen molar-refractivity contribution < 1.29 is 9.53 Å². The smallest absolute Gasteiger partial charge is 0.306 e. The molecule has 1 rings (SSSR count). The van der Waals surface area contributed by atoms with Gasteiger partial charge in [-0.15, -0.1) is 0 Å². The Balaban J connectivity index is 2.46. The molecule has 0 saturated carbocycles. The highest BCUT2D eigenvalue weighted by Crippen LogP contribution is 2.11. The van der Waals surface area contributed by atoms with Crippen LogP contribution in [0, 0.1) is 5.92 Å². The van der Waals surface area contributed by atoms with Gasteiger partial charge in [0.15, 0.2) is 0 Å². The number of rotatable bonds is 6. The molecule has 0 amide bonds. The van der Waals surface area contributed by atoms with Gasteiger partial charge in [-0.3, -0.25) is 4.79 Å². The Labute approximate surface area is 96.6 Å². The van der Waals surface area contributed by atoms with Crippen molar-refractivity contribution in [2.45, 2.75) is 19.8 Å². The standard InChI is InChI=1S/C13H19NO2/c1-2-16-13(15)9-12(10-14)8-11-6-4-3-5-7-11/h3-7,12H,2,8-10,14H2,1H3. The van der Waals surface area contributed by atoms with Crippen molar-refractivity contribution in [3.8, 4) is 0 Å². The molecule has 88 valence electrons. The van der Waals surface area contributed by atoms with Crippen molar-refractivity contribution >= 4 is 5.97 Å². The van der Waals surface area contributed by atoms with E-state index in [4.69, 9.17) is 10.5 Å². The van der Waals surface area contributed by atoms with Crippen LogP contribution in [0.25, 0.3) is 0 Å². The third-order valence-corrected chi connectivity index (χ3v) is 2.46. The molecule has 0 bridgehead atoms. The van der Waals surface area contributed by atoms with E-state index in [1.165, 1.54) is 5.56 Å². The normalized spacial score (nSPS) is 12.1. The lowest BCUT2D eigenvalue weighted by molar-refractivity contribution is -0.144. The molecule has 0 radical (unpaired) electrons. The lowest BCUT2D eigenvalue weighted by Gasteiger charge is -2.13. The van der Waals surface area contributed by atoms with Gasteiger partial charge in [0.05, 0.1) is 6.61 Å². The summed E-state index contributed by atoms with van der Waals surface area (Å²) in [5.74, 6) is 0.00957. The van der Waals surface area contributed by atoms with E-state index in [-0.39, 0.29) is 11.9 Å². The highest BCUT2D eigenvalue weighted by atomic mass is 16.5. The molecule has 0 fully saturated rings. The molecular weight excluding hydrogens is 202 g/mol. The van der Waals surface area contributed by atoms with E-state index in [9.17, 15) is 4.79 Å². The summed E-state index contributed by atoms with van der Waals surface area (Å²) in [6.45, 7) is 2.75. The molecule has 0 heterocycles. The molecule has 16 heavy (non-hydrogen) atoms. The van der Waals surface area contributed by atoms with E-state index in [0.29, 0.717) is 19.6 Å². The molecule has 1 unspecified atom stereocenters. The molecule has 1 aromatic rings. The van der Waals surface area contributed by atoms with Gasteiger partial charge in [0.25, 0.3) is 0 Å². The van der Waals surface area contributed by atoms with Gasteiger partial charge in [-0.05, 0) is 31.4 Å². The molecule has 2 N–H and O–H groups in total. The lowest BCUT2D eigenvalue weighted by atomic mass is 9.96. The summed E-state index contributed by atoms with van der Waals surface area (Å²) < 4.78 is 4.92. The maximum absolute atomic E-state index is 11.3. The van der Waals surface area contributed by atoms with Gasteiger partial charge >= 0.3 is 5.97 Å². The molecule has 0 aromatic heterocycles. The number of carbonyl (C=O) groups excluding carboxylic acids is 1. The second-order valence-corrected chi connectivity index (χ2v) is 3.80. The number of nitrogens with two attached hydrogens (primary N) is 1. The van der Waals surface area contributed by atoms with Gasteiger partial charge in [0, 0.05) is 6.42 Å². The first-order valence-electron chi connectivity index (χ1n) is 5.65. The number of carbonyl (C=O) groups is 1. The third kappa shape index (κ3) is 4.45. The molecule has 0 aliphatic carbocycles. The Hall–Kier alpha value is -1.35. The fourth-order valence-electron chi connectivity index (χ4n) is 1.64. The van der Waals surface area contributed by atoms with Crippen molar-refractivity contribution in [2.24, 2.45) is 11.7 Å². The number of benzene rings is 1. The second-order valence-electron chi connectivity index (χ2n) is 3.80. The SMILES string of the molecule is CCOC(=O)CC(CN)Cc1ccccc1. The second kappa shape index (κ2) is 7.01. The maximum Gasteiger partial charge on any atom is 0.306 e. The molecule has 0 aliphatic heterocycles. The minimum atomic E-state index is -0.158. The van der Waals surface area contributed by atoms with Crippen LogP contribution in [-0.2, 0) is 16.0 Å². The van der Waals surface area contributed by atoms with Crippen LogP contribution in [0.15, 0.2) is 30.3 Å². The van der Waals surface area contributed by atoms with Crippen LogP contribution in [0.4, 0.5) is 0 Å². The number of hydrogen-bond donors (Lipinski definition) is 1. The first kappa shape index (κ1) is 12.7. The average molecular weight is 221 g/mol. The van der Waals surface area contributed by atoms with Crippen LogP contribution in [0.2, 0.25) is 0 Å². The molecule has 3 nitrogen and oxygen atoms in total. The zero-order valence-electron chi connectivity index (χ0n) is 9.69. The molecule has 1 aromatic carbocycles. The Kier molecular flexibility index (Phi) is 5.57. The van der Waals surface area contributed by atoms with Crippen LogP contribution in [-0.4, -0.2) is 19.1 Å². The molecule has 3 heteroatoms. The summed E-state index contributed by atoms with van der Waals surface area (Å²) >= 11 is 0. The van der Waals surface area contributed by atoms with Gasteiger partial charge < -0.3 is 10.5 Å². The lowest BCUT2D eigenvalue weighted by Crippen LogP contribution is -2.21. The topological polar surface area (TPSA) is 52.3 Å². The molecule has 0 aliphatic rings. The maximum atomic E-state index is 11.3. The van der Waals surface area contributed by atoms with Crippen molar-refractivity contribution in [1.29, 1.82) is 0 Å². The first-order valence-corrected chi connectivity index (χ1v) is 5.65. The average Bonchev–Trinajstić information content (AvgIpc) is 2.30. The number of esters is 1. The minimum Gasteiger partial charge on any atom is -0.466 e. The van der Waals surface area contributed by atoms with Crippen molar-refractivity contribution in [3.05, 3.63) is 35.9 Å². The quantitative estimate of drug-likeness (QED) is 0.745. The molecule has 1 atom stereocenters. The largest absolute Gasteiger partial charge is 0.466 e. The van der Waals surface area contributed by atoms with Gasteiger partial charge in [-0.25, -0.2) is 0 Å². The summed E-state index contributed by atoms with van der Waals surface area (Å²) in [6, 6.07) is 10.1. The van der Waals surface area contributed by atoms with Gasteiger partial charge in [-0.2, -0.15) is 0 Å². The Bertz CT molecular complexity index is 311. The summed E-state index contributed by atoms with van der Waals surface area (Å²) in [4.78, 5) is 11.3. The van der Waals surface area contributed by atoms with Crippen LogP contribution in [0.1, 0.15) is 18.9 Å². The fraction of sp³-hybridized carbons (Fsp3) is 0.462. The fourth-order valence-corrected chi connectivity index (χ4v) is 1.64. The van der Waals surface area contributed by atoms with E-state index in [1.807, 2.05) is 37.3 Å². The van der Waals surface area contributed by atoms with E-state index in [2.05, 4.69) is 0 Å². The van der Waals surface area contributed by atoms with Crippen LogP contribution < -0.4 is 5.73 Å². The highest BCUT2D eigenvalue weighted by molar-refractivity contribution is 5.69. The monoisotopic (exact) mass is 221 g/mol. The summed E-state index contributed by atoms with van der Waals surface area (Å²) in [7, 11) is 0. The highest BCUT2D eigenvalue weighted by Gasteiger charge is 2.13. The minimum absolute atomic E-state index is 0.158. The van der Waals surface area contributed by atoms with Gasteiger partial charge in [-0.1, -0.05) is 30.3 Å². The number of hydrogen-bond acceptors (Lipinski definition) is 3. The Morgan fingerprint density at radius 1 is 1.38 bits per heavy atom. The van der Waals surface area contributed by atoms with E-state index < -0.39 is 0 Å². The zero-order valence-corrected chi connectivity index (χ0v) is 9.69. The summed E-state index contributed by atoms with van der Waals surface area (Å²) in [6.07, 6.45) is 1.23. The predicted molar refractivity (Wildman–Crippen MR) is 63.9 cm³/mol. The Morgan fingerprint density at radius 3 is 2.62 bits per heavy atom. The number of ether oxygens (including phenoxy) is 1. The van der Waals surface area contributed by atoms with E-state index in [1.54, 1.807) is 0 Å². The van der Waals surface area contributed by atoms with Crippen molar-refractivity contribution in [1.82, 2.24) is 0 Å². The van der Waals surface area contributed by atoms with Crippen molar-refractivity contribution in [3.63, 3.8) is 0 Å². The van der Waals surface area contributed by atoms with E-state index in [0.717, 1.165) is 6.42 Å². The third-order valence-electron chi connectivity index (χ3n) is 2.46.